The van der Waals surface area contributed by atoms with E-state index in [0.717, 1.165) is 17.7 Å². The Morgan fingerprint density at radius 2 is 2.42 bits per heavy atom. The minimum Gasteiger partial charge on any atom is -0.323 e. The molecule has 1 heterocycles. The molecule has 0 amide bonds. The summed E-state index contributed by atoms with van der Waals surface area (Å²) in [6.45, 7) is 2.03. The van der Waals surface area contributed by atoms with Gasteiger partial charge in [-0.05, 0) is 18.6 Å². The van der Waals surface area contributed by atoms with Crippen molar-refractivity contribution >= 4 is 0 Å². The molecule has 0 bridgehead atoms. The van der Waals surface area contributed by atoms with Gasteiger partial charge in [-0.1, -0.05) is 12.8 Å². The van der Waals surface area contributed by atoms with Gasteiger partial charge < -0.3 is 5.73 Å². The van der Waals surface area contributed by atoms with Crippen molar-refractivity contribution in [3.8, 4) is 12.3 Å². The first-order valence-electron chi connectivity index (χ1n) is 3.96. The highest BCUT2D eigenvalue weighted by molar-refractivity contribution is 5.30. The molecule has 0 saturated carbocycles. The van der Waals surface area contributed by atoms with Crippen molar-refractivity contribution in [3.05, 3.63) is 29.6 Å². The second kappa shape index (κ2) is 3.89. The van der Waals surface area contributed by atoms with E-state index in [1.807, 2.05) is 19.1 Å². The standard InChI is InChI=1S/C10H12N2/c1-3-8-5-6-10(12-7-8)9(11)4-2/h1,5-7,9H,4,11H2,2H3. The highest BCUT2D eigenvalue weighted by Gasteiger charge is 2.02. The largest absolute Gasteiger partial charge is 0.323 e. The van der Waals surface area contributed by atoms with Crippen LogP contribution in [0.3, 0.4) is 0 Å². The van der Waals surface area contributed by atoms with Crippen LogP contribution < -0.4 is 5.73 Å². The van der Waals surface area contributed by atoms with E-state index >= 15 is 0 Å². The molecule has 0 aliphatic rings. The normalized spacial score (nSPS) is 12.1. The fourth-order valence-electron chi connectivity index (χ4n) is 0.919. The van der Waals surface area contributed by atoms with E-state index < -0.39 is 0 Å². The van der Waals surface area contributed by atoms with Gasteiger partial charge in [0.2, 0.25) is 0 Å². The maximum Gasteiger partial charge on any atom is 0.0571 e. The number of hydrogen-bond acceptors (Lipinski definition) is 2. The van der Waals surface area contributed by atoms with E-state index in [4.69, 9.17) is 12.2 Å². The van der Waals surface area contributed by atoms with Crippen molar-refractivity contribution in [2.75, 3.05) is 0 Å². The average Bonchev–Trinajstić information content (AvgIpc) is 2.17. The Labute approximate surface area is 72.8 Å². The Balaban J connectivity index is 2.86. The molecule has 1 aromatic heterocycles. The first-order chi connectivity index (χ1) is 5.77. The molecule has 1 rings (SSSR count). The Morgan fingerprint density at radius 1 is 1.67 bits per heavy atom. The molecule has 0 fully saturated rings. The van der Waals surface area contributed by atoms with Gasteiger partial charge in [-0.15, -0.1) is 6.42 Å². The molecule has 2 heteroatoms. The minimum absolute atomic E-state index is 0.0248. The van der Waals surface area contributed by atoms with Crippen molar-refractivity contribution in [3.63, 3.8) is 0 Å². The van der Waals surface area contributed by atoms with Crippen molar-refractivity contribution < 1.29 is 0 Å². The van der Waals surface area contributed by atoms with Gasteiger partial charge in [0, 0.05) is 17.8 Å². The zero-order chi connectivity index (χ0) is 8.97. The summed E-state index contributed by atoms with van der Waals surface area (Å²) in [5.74, 6) is 2.51. The summed E-state index contributed by atoms with van der Waals surface area (Å²) >= 11 is 0. The molecule has 62 valence electrons. The predicted molar refractivity (Wildman–Crippen MR) is 49.4 cm³/mol. The summed E-state index contributed by atoms with van der Waals surface area (Å²) in [6.07, 6.45) is 7.75. The van der Waals surface area contributed by atoms with Crippen LogP contribution in [0.25, 0.3) is 0 Å². The lowest BCUT2D eigenvalue weighted by Crippen LogP contribution is -2.10. The molecular formula is C10H12N2. The number of rotatable bonds is 2. The number of hydrogen-bond donors (Lipinski definition) is 1. The topological polar surface area (TPSA) is 38.9 Å². The molecule has 0 spiro atoms. The van der Waals surface area contributed by atoms with Crippen LogP contribution in [0.2, 0.25) is 0 Å². The van der Waals surface area contributed by atoms with Crippen LogP contribution in [0.1, 0.15) is 30.6 Å². The van der Waals surface area contributed by atoms with Gasteiger partial charge in [-0.25, -0.2) is 0 Å². The molecule has 1 atom stereocenters. The Morgan fingerprint density at radius 3 is 2.83 bits per heavy atom. The molecule has 0 aliphatic carbocycles. The van der Waals surface area contributed by atoms with Crippen molar-refractivity contribution in [1.29, 1.82) is 0 Å². The van der Waals surface area contributed by atoms with E-state index in [0.29, 0.717) is 0 Å². The van der Waals surface area contributed by atoms with Gasteiger partial charge in [-0.3, -0.25) is 4.98 Å². The second-order valence-corrected chi connectivity index (χ2v) is 2.63. The van der Waals surface area contributed by atoms with Crippen LogP contribution in [0, 0.1) is 12.3 Å². The van der Waals surface area contributed by atoms with Crippen LogP contribution in [0.5, 0.6) is 0 Å². The zero-order valence-corrected chi connectivity index (χ0v) is 7.12. The molecular weight excluding hydrogens is 148 g/mol. The summed E-state index contributed by atoms with van der Waals surface area (Å²) in [6, 6.07) is 3.76. The molecule has 0 aromatic carbocycles. The van der Waals surface area contributed by atoms with Gasteiger partial charge in [0.1, 0.15) is 0 Å². The number of nitrogens with zero attached hydrogens (tertiary/aromatic N) is 1. The van der Waals surface area contributed by atoms with Crippen LogP contribution in [0.15, 0.2) is 18.3 Å². The first-order valence-corrected chi connectivity index (χ1v) is 3.96. The molecule has 2 N–H and O–H groups in total. The van der Waals surface area contributed by atoms with E-state index in [-0.39, 0.29) is 6.04 Å². The monoisotopic (exact) mass is 160 g/mol. The third-order valence-corrected chi connectivity index (χ3v) is 1.77. The molecule has 0 aliphatic heterocycles. The Bertz CT molecular complexity index is 282. The molecule has 0 radical (unpaired) electrons. The molecule has 1 unspecified atom stereocenters. The van der Waals surface area contributed by atoms with Crippen molar-refractivity contribution in [2.45, 2.75) is 19.4 Å². The second-order valence-electron chi connectivity index (χ2n) is 2.63. The summed E-state index contributed by atoms with van der Waals surface area (Å²) in [4.78, 5) is 4.15. The highest BCUT2D eigenvalue weighted by Crippen LogP contribution is 2.10. The fourth-order valence-corrected chi connectivity index (χ4v) is 0.919. The summed E-state index contributed by atoms with van der Waals surface area (Å²) in [5, 5.41) is 0. The molecule has 12 heavy (non-hydrogen) atoms. The Hall–Kier alpha value is -1.33. The number of pyridine rings is 1. The van der Waals surface area contributed by atoms with Crippen LogP contribution in [-0.4, -0.2) is 4.98 Å². The smallest absolute Gasteiger partial charge is 0.0571 e. The zero-order valence-electron chi connectivity index (χ0n) is 7.12. The summed E-state index contributed by atoms with van der Waals surface area (Å²) in [5.41, 5.74) is 7.46. The predicted octanol–water partition coefficient (Wildman–Crippen LogP) is 1.47. The van der Waals surface area contributed by atoms with E-state index in [1.165, 1.54) is 0 Å². The lowest BCUT2D eigenvalue weighted by atomic mass is 10.1. The van der Waals surface area contributed by atoms with Crippen LogP contribution in [-0.2, 0) is 0 Å². The molecule has 0 saturated heterocycles. The van der Waals surface area contributed by atoms with Gasteiger partial charge >= 0.3 is 0 Å². The fraction of sp³-hybridized carbons (Fsp3) is 0.300. The SMILES string of the molecule is C#Cc1ccc(C(N)CC)nc1. The molecule has 1 aromatic rings. The number of nitrogens with two attached hydrogens (primary N) is 1. The van der Waals surface area contributed by atoms with Crippen molar-refractivity contribution in [2.24, 2.45) is 5.73 Å². The van der Waals surface area contributed by atoms with Crippen molar-refractivity contribution in [1.82, 2.24) is 4.98 Å². The van der Waals surface area contributed by atoms with Crippen LogP contribution in [0.4, 0.5) is 0 Å². The van der Waals surface area contributed by atoms with Gasteiger partial charge in [0.15, 0.2) is 0 Å². The van der Waals surface area contributed by atoms with Gasteiger partial charge in [0.05, 0.1) is 5.69 Å². The lowest BCUT2D eigenvalue weighted by Gasteiger charge is -2.06. The Kier molecular flexibility index (Phi) is 2.84. The summed E-state index contributed by atoms with van der Waals surface area (Å²) < 4.78 is 0. The highest BCUT2D eigenvalue weighted by atomic mass is 14.8. The molecule has 2 nitrogen and oxygen atoms in total. The van der Waals surface area contributed by atoms with E-state index in [2.05, 4.69) is 10.9 Å². The quantitative estimate of drug-likeness (QED) is 0.665. The third-order valence-electron chi connectivity index (χ3n) is 1.77. The first kappa shape index (κ1) is 8.76. The minimum atomic E-state index is 0.0248. The average molecular weight is 160 g/mol. The number of aromatic nitrogens is 1. The third kappa shape index (κ3) is 1.84. The van der Waals surface area contributed by atoms with Gasteiger partial charge in [-0.2, -0.15) is 0 Å². The number of terminal acetylenes is 1. The van der Waals surface area contributed by atoms with E-state index in [1.54, 1.807) is 6.20 Å². The maximum atomic E-state index is 5.77. The summed E-state index contributed by atoms with van der Waals surface area (Å²) in [7, 11) is 0. The lowest BCUT2D eigenvalue weighted by molar-refractivity contribution is 0.675. The maximum absolute atomic E-state index is 5.77. The van der Waals surface area contributed by atoms with Gasteiger partial charge in [0.25, 0.3) is 0 Å². The van der Waals surface area contributed by atoms with E-state index in [9.17, 15) is 0 Å². The van der Waals surface area contributed by atoms with Crippen LogP contribution >= 0.6 is 0 Å².